The van der Waals surface area contributed by atoms with Crippen LogP contribution < -0.4 is 0 Å². The fraction of sp³-hybridized carbons (Fsp3) is 1.00. The molecular weight excluding hydrogens is 66.8 g/mol. The summed E-state index contributed by atoms with van der Waals surface area (Å²) >= 11 is 0. The molecule has 0 aromatic heterocycles. The fourth-order valence-corrected chi connectivity index (χ4v) is 0.484. The second kappa shape index (κ2) is 0.440. The van der Waals surface area contributed by atoms with Gasteiger partial charge in [-0.2, -0.15) is 0 Å². The van der Waals surface area contributed by atoms with E-state index < -0.39 is 0 Å². The molecule has 0 aromatic carbocycles. The van der Waals surface area contributed by atoms with Crippen LogP contribution in [0.1, 0.15) is 0 Å². The molecule has 3 heterocycles. The molecule has 0 saturated carbocycles. The maximum Gasteiger partial charge on any atom is 0.465 e. The minimum absolute atomic E-state index is 0.208. The van der Waals surface area contributed by atoms with Gasteiger partial charge < -0.3 is 9.31 Å². The van der Waals surface area contributed by atoms with Gasteiger partial charge in [0.2, 0.25) is 0 Å². The number of rotatable bonds is 0. The smallest absolute Gasteiger partial charge is 0.387 e. The van der Waals surface area contributed by atoms with E-state index in [9.17, 15) is 0 Å². The summed E-state index contributed by atoms with van der Waals surface area (Å²) < 4.78 is 9.61. The van der Waals surface area contributed by atoms with Crippen molar-refractivity contribution in [1.82, 2.24) is 0 Å². The molecule has 0 N–H and O–H groups in total. The van der Waals surface area contributed by atoms with Crippen molar-refractivity contribution in [2.24, 2.45) is 0 Å². The van der Waals surface area contributed by atoms with Crippen LogP contribution in [-0.4, -0.2) is 13.4 Å². The zero-order valence-corrected chi connectivity index (χ0v) is 2.68. The van der Waals surface area contributed by atoms with E-state index in [0.717, 1.165) is 6.32 Å². The van der Waals surface area contributed by atoms with Gasteiger partial charge in [0.1, 0.15) is 6.29 Å². The molecule has 2 nitrogen and oxygen atoms in total. The van der Waals surface area contributed by atoms with Gasteiger partial charge in [-0.15, -0.1) is 0 Å². The molecule has 0 spiro atoms. The van der Waals surface area contributed by atoms with Gasteiger partial charge in [-0.05, 0) is 0 Å². The van der Waals surface area contributed by atoms with E-state index in [1.165, 1.54) is 0 Å². The summed E-state index contributed by atoms with van der Waals surface area (Å²) in [4.78, 5) is 0. The second-order valence-corrected chi connectivity index (χ2v) is 1.37. The van der Waals surface area contributed by atoms with Crippen LogP contribution in [0.4, 0.5) is 0 Å². The van der Waals surface area contributed by atoms with E-state index in [2.05, 4.69) is 0 Å². The van der Waals surface area contributed by atoms with E-state index in [0.29, 0.717) is 0 Å². The second-order valence-electron chi connectivity index (χ2n) is 1.37. The third-order valence-corrected chi connectivity index (χ3v) is 0.992. The van der Waals surface area contributed by atoms with E-state index in [-0.39, 0.29) is 13.4 Å². The summed E-state index contributed by atoms with van der Waals surface area (Å²) in [7, 11) is 0.208. The molecule has 3 aliphatic heterocycles. The Kier molecular flexibility index (Phi) is 0.194. The van der Waals surface area contributed by atoms with E-state index in [1.807, 2.05) is 0 Å². The van der Waals surface area contributed by atoms with Crippen LogP contribution in [-0.2, 0) is 9.31 Å². The molecule has 2 bridgehead atoms. The van der Waals surface area contributed by atoms with Crippen molar-refractivity contribution < 1.29 is 9.31 Å². The zero-order chi connectivity index (χ0) is 3.28. The lowest BCUT2D eigenvalue weighted by atomic mass is 9.70. The standard InChI is InChI=1S/C2H3BO2/c1-2-4-3(1)5-2/h2H,1H2. The van der Waals surface area contributed by atoms with Gasteiger partial charge in [0.15, 0.2) is 0 Å². The monoisotopic (exact) mass is 70.0 g/mol. The van der Waals surface area contributed by atoms with Crippen molar-refractivity contribution >= 4 is 7.12 Å². The topological polar surface area (TPSA) is 18.5 Å². The molecule has 3 rings (SSSR count). The molecule has 0 atom stereocenters. The minimum Gasteiger partial charge on any atom is -0.387 e. The first-order valence-corrected chi connectivity index (χ1v) is 1.76. The van der Waals surface area contributed by atoms with Crippen LogP contribution in [0.5, 0.6) is 0 Å². The molecule has 26 valence electrons. The van der Waals surface area contributed by atoms with Crippen LogP contribution in [0.3, 0.4) is 0 Å². The van der Waals surface area contributed by atoms with Gasteiger partial charge in [0, 0.05) is 6.32 Å². The molecule has 3 saturated heterocycles. The van der Waals surface area contributed by atoms with Gasteiger partial charge in [-0.1, -0.05) is 0 Å². The van der Waals surface area contributed by atoms with Gasteiger partial charge >= 0.3 is 7.12 Å². The summed E-state index contributed by atoms with van der Waals surface area (Å²) in [6.07, 6.45) is 1.35. The number of hydrogen-bond donors (Lipinski definition) is 0. The van der Waals surface area contributed by atoms with Gasteiger partial charge in [0.05, 0.1) is 0 Å². The van der Waals surface area contributed by atoms with Crippen molar-refractivity contribution in [3.05, 3.63) is 0 Å². The predicted octanol–water partition coefficient (Wildman–Crippen LogP) is -0.139. The predicted molar refractivity (Wildman–Crippen MR) is 16.5 cm³/mol. The molecular formula is C2H3BO2. The Hall–Kier alpha value is -0.0151. The third-order valence-electron chi connectivity index (χ3n) is 0.992. The summed E-state index contributed by atoms with van der Waals surface area (Å²) in [5.41, 5.74) is 0. The highest BCUT2D eigenvalue weighted by atomic mass is 16.8. The lowest BCUT2D eigenvalue weighted by Crippen LogP contribution is -2.59. The molecule has 3 aliphatic rings. The molecule has 0 aliphatic carbocycles. The van der Waals surface area contributed by atoms with Crippen molar-refractivity contribution in [2.45, 2.75) is 12.6 Å². The molecule has 3 fully saturated rings. The normalized spacial score (nSPS) is 32.4. The molecule has 0 aromatic rings. The van der Waals surface area contributed by atoms with Crippen LogP contribution in [0, 0.1) is 0 Å². The SMILES string of the molecule is C1B2OC1O2. The Balaban J connectivity index is 2.19. The highest BCUT2D eigenvalue weighted by molar-refractivity contribution is 6.51. The average molecular weight is 69.9 g/mol. The largest absolute Gasteiger partial charge is 0.465 e. The Morgan fingerprint density at radius 2 is 1.80 bits per heavy atom. The van der Waals surface area contributed by atoms with Crippen LogP contribution >= 0.6 is 0 Å². The summed E-state index contributed by atoms with van der Waals surface area (Å²) in [5, 5.41) is 0. The minimum atomic E-state index is 0.208. The summed E-state index contributed by atoms with van der Waals surface area (Å²) in [6.45, 7) is 0. The Morgan fingerprint density at radius 3 is 1.80 bits per heavy atom. The van der Waals surface area contributed by atoms with E-state index in [1.54, 1.807) is 0 Å². The zero-order valence-electron chi connectivity index (χ0n) is 2.68. The van der Waals surface area contributed by atoms with Crippen LogP contribution in [0.2, 0.25) is 6.32 Å². The van der Waals surface area contributed by atoms with Gasteiger partial charge in [0.25, 0.3) is 0 Å². The quantitative estimate of drug-likeness (QED) is 0.369. The first kappa shape index (κ1) is 2.21. The first-order chi connectivity index (χ1) is 2.45. The third kappa shape index (κ3) is 0.109. The first-order valence-electron chi connectivity index (χ1n) is 1.76. The summed E-state index contributed by atoms with van der Waals surface area (Å²) in [5.74, 6) is 0. The molecule has 0 amide bonds. The van der Waals surface area contributed by atoms with Crippen molar-refractivity contribution in [3.8, 4) is 0 Å². The van der Waals surface area contributed by atoms with Crippen molar-refractivity contribution in [1.29, 1.82) is 0 Å². The Morgan fingerprint density at radius 1 is 1.60 bits per heavy atom. The molecule has 0 radical (unpaired) electrons. The maximum atomic E-state index is 4.81. The van der Waals surface area contributed by atoms with E-state index in [4.69, 9.17) is 9.31 Å². The average Bonchev–Trinajstić information content (AvgIpc) is 0.592. The highest BCUT2D eigenvalue weighted by Gasteiger charge is 2.50. The number of hydrogen-bond acceptors (Lipinski definition) is 2. The summed E-state index contributed by atoms with van der Waals surface area (Å²) in [6, 6.07) is 0. The van der Waals surface area contributed by atoms with Crippen LogP contribution in [0.15, 0.2) is 0 Å². The maximum absolute atomic E-state index is 4.81. The van der Waals surface area contributed by atoms with Gasteiger partial charge in [-0.3, -0.25) is 0 Å². The lowest BCUT2D eigenvalue weighted by molar-refractivity contribution is -0.166. The van der Waals surface area contributed by atoms with Crippen molar-refractivity contribution in [3.63, 3.8) is 0 Å². The molecule has 0 unspecified atom stereocenters. The van der Waals surface area contributed by atoms with Gasteiger partial charge in [-0.25, -0.2) is 0 Å². The Bertz CT molecular complexity index is 44.4. The van der Waals surface area contributed by atoms with Crippen LogP contribution in [0.25, 0.3) is 0 Å². The highest BCUT2D eigenvalue weighted by Crippen LogP contribution is 2.33. The fourth-order valence-electron chi connectivity index (χ4n) is 0.484. The molecule has 5 heavy (non-hydrogen) atoms. The Labute approximate surface area is 30.2 Å². The lowest BCUT2D eigenvalue weighted by Gasteiger charge is -2.45. The van der Waals surface area contributed by atoms with E-state index >= 15 is 0 Å². The van der Waals surface area contributed by atoms with Crippen molar-refractivity contribution in [2.75, 3.05) is 0 Å². The molecule has 3 heteroatoms.